The van der Waals surface area contributed by atoms with Gasteiger partial charge in [0.25, 0.3) is 0 Å². The van der Waals surface area contributed by atoms with Crippen LogP contribution in [0.4, 0.5) is 0 Å². The zero-order valence-electron chi connectivity index (χ0n) is 13.0. The van der Waals surface area contributed by atoms with Gasteiger partial charge in [0.05, 0.1) is 0 Å². The van der Waals surface area contributed by atoms with Crippen LogP contribution < -0.4 is 5.73 Å². The summed E-state index contributed by atoms with van der Waals surface area (Å²) in [7, 11) is 1.95. The zero-order valence-corrected chi connectivity index (χ0v) is 13.0. The van der Waals surface area contributed by atoms with Crippen molar-refractivity contribution in [3.8, 4) is 0 Å². The van der Waals surface area contributed by atoms with Crippen molar-refractivity contribution >= 4 is 5.71 Å². The van der Waals surface area contributed by atoms with Crippen LogP contribution in [0.15, 0.2) is 16.1 Å². The van der Waals surface area contributed by atoms with E-state index in [0.29, 0.717) is 0 Å². The van der Waals surface area contributed by atoms with Crippen LogP contribution in [0.2, 0.25) is 0 Å². The number of hydrogen-bond donors (Lipinski definition) is 1. The van der Waals surface area contributed by atoms with E-state index in [4.69, 9.17) is 5.73 Å². The molecule has 1 aliphatic rings. The zero-order chi connectivity index (χ0) is 14.1. The van der Waals surface area contributed by atoms with Crippen molar-refractivity contribution in [3.63, 3.8) is 0 Å². The normalized spacial score (nSPS) is 17.4. The molecule has 0 saturated heterocycles. The molecule has 110 valence electrons. The summed E-state index contributed by atoms with van der Waals surface area (Å²) in [6.07, 6.45) is 7.50. The summed E-state index contributed by atoms with van der Waals surface area (Å²) in [4.78, 5) is 6.97. The summed E-state index contributed by atoms with van der Waals surface area (Å²) in [6, 6.07) is 0. The lowest BCUT2D eigenvalue weighted by atomic mass is 9.88. The Kier molecular flexibility index (Phi) is 7.99. The molecule has 0 aromatic carbocycles. The lowest BCUT2D eigenvalue weighted by Gasteiger charge is -2.22. The quantitative estimate of drug-likeness (QED) is 0.685. The predicted molar refractivity (Wildman–Crippen MR) is 84.9 cm³/mol. The van der Waals surface area contributed by atoms with E-state index in [9.17, 15) is 0 Å². The molecule has 0 aromatic heterocycles. The summed E-state index contributed by atoms with van der Waals surface area (Å²) >= 11 is 0. The number of allylic oxidation sites excluding steroid dienone is 2. The summed E-state index contributed by atoms with van der Waals surface area (Å²) in [6.45, 7) is 8.49. The van der Waals surface area contributed by atoms with Gasteiger partial charge < -0.3 is 10.6 Å². The Bertz CT molecular complexity index is 318. The van der Waals surface area contributed by atoms with Crippen molar-refractivity contribution in [2.45, 2.75) is 52.4 Å². The Balaban J connectivity index is 2.45. The van der Waals surface area contributed by atoms with Crippen LogP contribution in [0.25, 0.3) is 0 Å². The number of aliphatic imine (C=N–C) groups is 1. The molecule has 0 fully saturated rings. The van der Waals surface area contributed by atoms with Crippen LogP contribution >= 0.6 is 0 Å². The van der Waals surface area contributed by atoms with Gasteiger partial charge in [-0.2, -0.15) is 0 Å². The van der Waals surface area contributed by atoms with E-state index >= 15 is 0 Å². The van der Waals surface area contributed by atoms with Gasteiger partial charge in [0.1, 0.15) is 0 Å². The molecule has 0 atom stereocenters. The molecule has 0 saturated carbocycles. The van der Waals surface area contributed by atoms with Crippen molar-refractivity contribution in [3.05, 3.63) is 11.1 Å². The maximum atomic E-state index is 5.62. The molecule has 0 unspecified atom stereocenters. The smallest absolute Gasteiger partial charge is 0.0376 e. The Hall–Kier alpha value is -0.670. The number of nitrogens with zero attached hydrogens (tertiary/aromatic N) is 2. The first-order chi connectivity index (χ1) is 9.22. The Morgan fingerprint density at radius 2 is 2.00 bits per heavy atom. The van der Waals surface area contributed by atoms with Crippen molar-refractivity contribution < 1.29 is 0 Å². The molecule has 0 aromatic rings. The highest BCUT2D eigenvalue weighted by atomic mass is 15.1. The van der Waals surface area contributed by atoms with E-state index in [1.54, 1.807) is 11.1 Å². The molecular formula is C16H31N3. The lowest BCUT2D eigenvalue weighted by Crippen LogP contribution is -2.30. The van der Waals surface area contributed by atoms with Gasteiger partial charge >= 0.3 is 0 Å². The van der Waals surface area contributed by atoms with Crippen LogP contribution in [0, 0.1) is 0 Å². The molecule has 3 heteroatoms. The van der Waals surface area contributed by atoms with Crippen molar-refractivity contribution in [2.24, 2.45) is 10.7 Å². The predicted octanol–water partition coefficient (Wildman–Crippen LogP) is 3.01. The monoisotopic (exact) mass is 265 g/mol. The lowest BCUT2D eigenvalue weighted by molar-refractivity contribution is 0.294. The summed E-state index contributed by atoms with van der Waals surface area (Å²) in [5, 5.41) is 0. The Morgan fingerprint density at radius 1 is 1.26 bits per heavy atom. The standard InChI is InChI=1S/C16H31N3/c1-4-19(13-11-17)12-7-10-16(18-3)15-9-6-5-8-14(15)2/h4-13,17H2,1-3H3. The van der Waals surface area contributed by atoms with E-state index in [0.717, 1.165) is 32.6 Å². The maximum absolute atomic E-state index is 5.62. The average molecular weight is 265 g/mol. The van der Waals surface area contributed by atoms with Gasteiger partial charge in [-0.3, -0.25) is 4.99 Å². The van der Waals surface area contributed by atoms with Crippen molar-refractivity contribution in [1.82, 2.24) is 4.90 Å². The van der Waals surface area contributed by atoms with Crippen LogP contribution in [-0.2, 0) is 0 Å². The number of nitrogens with two attached hydrogens (primary N) is 1. The van der Waals surface area contributed by atoms with Gasteiger partial charge in [-0.15, -0.1) is 0 Å². The summed E-state index contributed by atoms with van der Waals surface area (Å²) < 4.78 is 0. The molecule has 0 heterocycles. The first kappa shape index (κ1) is 16.4. The third-order valence-corrected chi connectivity index (χ3v) is 4.14. The van der Waals surface area contributed by atoms with Gasteiger partial charge in [0.2, 0.25) is 0 Å². The summed E-state index contributed by atoms with van der Waals surface area (Å²) in [5.74, 6) is 0. The van der Waals surface area contributed by atoms with Gasteiger partial charge in [0, 0.05) is 25.8 Å². The summed E-state index contributed by atoms with van der Waals surface area (Å²) in [5.41, 5.74) is 10.1. The molecule has 1 rings (SSSR count). The average Bonchev–Trinajstić information content (AvgIpc) is 2.43. The SMILES string of the molecule is CCN(CCN)CCCC(=NC)C1=C(C)CCCC1. The van der Waals surface area contributed by atoms with Crippen LogP contribution in [0.1, 0.15) is 52.4 Å². The second kappa shape index (κ2) is 9.27. The van der Waals surface area contributed by atoms with Gasteiger partial charge in [-0.25, -0.2) is 0 Å². The fourth-order valence-corrected chi connectivity index (χ4v) is 2.93. The molecule has 0 bridgehead atoms. The first-order valence-corrected chi connectivity index (χ1v) is 7.80. The number of hydrogen-bond acceptors (Lipinski definition) is 3. The van der Waals surface area contributed by atoms with Crippen molar-refractivity contribution in [2.75, 3.05) is 33.2 Å². The molecular weight excluding hydrogens is 234 g/mol. The van der Waals surface area contributed by atoms with E-state index in [1.165, 1.54) is 37.8 Å². The van der Waals surface area contributed by atoms with E-state index in [2.05, 4.69) is 23.7 Å². The Labute approximate surface area is 119 Å². The van der Waals surface area contributed by atoms with Crippen LogP contribution in [0.3, 0.4) is 0 Å². The second-order valence-corrected chi connectivity index (χ2v) is 5.46. The van der Waals surface area contributed by atoms with E-state index in [1.807, 2.05) is 7.05 Å². The van der Waals surface area contributed by atoms with Gasteiger partial charge in [-0.05, 0) is 64.1 Å². The maximum Gasteiger partial charge on any atom is 0.0376 e. The van der Waals surface area contributed by atoms with E-state index < -0.39 is 0 Å². The van der Waals surface area contributed by atoms with E-state index in [-0.39, 0.29) is 0 Å². The molecule has 0 spiro atoms. The first-order valence-electron chi connectivity index (χ1n) is 7.80. The molecule has 19 heavy (non-hydrogen) atoms. The molecule has 0 radical (unpaired) electrons. The highest BCUT2D eigenvalue weighted by Crippen LogP contribution is 2.26. The third kappa shape index (κ3) is 5.45. The minimum absolute atomic E-state index is 0.757. The highest BCUT2D eigenvalue weighted by Gasteiger charge is 2.14. The number of rotatable bonds is 8. The highest BCUT2D eigenvalue weighted by molar-refractivity contribution is 6.00. The number of likely N-dealkylation sites (N-methyl/N-ethyl adjacent to an activating group) is 1. The third-order valence-electron chi connectivity index (χ3n) is 4.14. The molecule has 3 nitrogen and oxygen atoms in total. The minimum atomic E-state index is 0.757. The molecule has 0 amide bonds. The molecule has 2 N–H and O–H groups in total. The van der Waals surface area contributed by atoms with Gasteiger partial charge in [0.15, 0.2) is 0 Å². The fraction of sp³-hybridized carbons (Fsp3) is 0.812. The van der Waals surface area contributed by atoms with Crippen LogP contribution in [-0.4, -0.2) is 43.8 Å². The Morgan fingerprint density at radius 3 is 2.58 bits per heavy atom. The molecule has 0 aliphatic heterocycles. The topological polar surface area (TPSA) is 41.6 Å². The fourth-order valence-electron chi connectivity index (χ4n) is 2.93. The van der Waals surface area contributed by atoms with Gasteiger partial charge in [-0.1, -0.05) is 12.5 Å². The van der Waals surface area contributed by atoms with Crippen molar-refractivity contribution in [1.29, 1.82) is 0 Å². The second-order valence-electron chi connectivity index (χ2n) is 5.46. The minimum Gasteiger partial charge on any atom is -0.329 e. The largest absolute Gasteiger partial charge is 0.329 e. The van der Waals surface area contributed by atoms with Crippen LogP contribution in [0.5, 0.6) is 0 Å². The molecule has 1 aliphatic carbocycles.